The van der Waals surface area contributed by atoms with Gasteiger partial charge in [0, 0.05) is 32.7 Å². The Morgan fingerprint density at radius 3 is 2.40 bits per heavy atom. The van der Waals surface area contributed by atoms with Crippen LogP contribution < -0.4 is 11.1 Å². The fraction of sp³-hybridized carbons (Fsp3) is 0.933. The van der Waals surface area contributed by atoms with Crippen molar-refractivity contribution in [2.45, 2.75) is 45.6 Å². The number of nitrogens with zero attached hydrogens (tertiary/aromatic N) is 2. The molecule has 0 aliphatic carbocycles. The lowest BCUT2D eigenvalue weighted by Gasteiger charge is -2.33. The van der Waals surface area contributed by atoms with Crippen LogP contribution in [0.5, 0.6) is 0 Å². The number of amides is 1. The van der Waals surface area contributed by atoms with Gasteiger partial charge in [0.2, 0.25) is 5.91 Å². The maximum Gasteiger partial charge on any atom is 0.236 e. The molecule has 0 aromatic carbocycles. The van der Waals surface area contributed by atoms with Gasteiger partial charge in [-0.3, -0.25) is 4.79 Å². The molecule has 5 nitrogen and oxygen atoms in total. The molecule has 1 unspecified atom stereocenters. The molecule has 1 rings (SSSR count). The zero-order chi connectivity index (χ0) is 14.8. The Kier molecular flexibility index (Phi) is 8.82. The third-order valence-electron chi connectivity index (χ3n) is 4.05. The lowest BCUT2D eigenvalue weighted by Crippen LogP contribution is -2.46. The van der Waals surface area contributed by atoms with Crippen molar-refractivity contribution in [2.75, 3.05) is 45.8 Å². The lowest BCUT2D eigenvalue weighted by molar-refractivity contribution is -0.122. The summed E-state index contributed by atoms with van der Waals surface area (Å²) < 4.78 is 0. The van der Waals surface area contributed by atoms with Crippen molar-refractivity contribution in [3.63, 3.8) is 0 Å². The summed E-state index contributed by atoms with van der Waals surface area (Å²) in [5, 5.41) is 2.93. The second kappa shape index (κ2) is 10.1. The fourth-order valence-electron chi connectivity index (χ4n) is 2.57. The molecule has 1 heterocycles. The SMILES string of the molecule is CCCC(N)C(=O)NCCCCN1CCN(CC)CC1. The summed E-state index contributed by atoms with van der Waals surface area (Å²) in [6, 6.07) is -0.331. The molecule has 0 bridgehead atoms. The average molecular weight is 284 g/mol. The lowest BCUT2D eigenvalue weighted by atomic mass is 10.1. The van der Waals surface area contributed by atoms with Crippen molar-refractivity contribution >= 4 is 5.91 Å². The Balaban J connectivity index is 1.98. The molecule has 0 radical (unpaired) electrons. The van der Waals surface area contributed by atoms with E-state index in [0.717, 1.165) is 45.3 Å². The van der Waals surface area contributed by atoms with Crippen LogP contribution in [0.2, 0.25) is 0 Å². The quantitative estimate of drug-likeness (QED) is 0.610. The molecule has 1 atom stereocenters. The highest BCUT2D eigenvalue weighted by atomic mass is 16.2. The third-order valence-corrected chi connectivity index (χ3v) is 4.05. The van der Waals surface area contributed by atoms with Gasteiger partial charge in [-0.05, 0) is 32.4 Å². The molecular weight excluding hydrogens is 252 g/mol. The average Bonchev–Trinajstić information content (AvgIpc) is 2.47. The van der Waals surface area contributed by atoms with Gasteiger partial charge in [-0.15, -0.1) is 0 Å². The first kappa shape index (κ1) is 17.4. The summed E-state index contributed by atoms with van der Waals surface area (Å²) in [5.41, 5.74) is 5.76. The monoisotopic (exact) mass is 284 g/mol. The minimum Gasteiger partial charge on any atom is -0.355 e. The van der Waals surface area contributed by atoms with Gasteiger partial charge < -0.3 is 20.9 Å². The Bertz CT molecular complexity index is 265. The van der Waals surface area contributed by atoms with E-state index in [1.807, 2.05) is 6.92 Å². The number of nitrogens with two attached hydrogens (primary N) is 1. The molecule has 1 aliphatic heterocycles. The van der Waals surface area contributed by atoms with E-state index in [1.165, 1.54) is 26.2 Å². The summed E-state index contributed by atoms with van der Waals surface area (Å²) in [6.45, 7) is 12.1. The van der Waals surface area contributed by atoms with Crippen LogP contribution in [0.15, 0.2) is 0 Å². The predicted octanol–water partition coefficient (Wildman–Crippen LogP) is 0.648. The molecule has 20 heavy (non-hydrogen) atoms. The van der Waals surface area contributed by atoms with Crippen LogP contribution in [0.3, 0.4) is 0 Å². The van der Waals surface area contributed by atoms with E-state index in [9.17, 15) is 4.79 Å². The van der Waals surface area contributed by atoms with E-state index >= 15 is 0 Å². The van der Waals surface area contributed by atoms with E-state index in [0.29, 0.717) is 0 Å². The van der Waals surface area contributed by atoms with E-state index < -0.39 is 0 Å². The van der Waals surface area contributed by atoms with E-state index in [-0.39, 0.29) is 11.9 Å². The zero-order valence-corrected chi connectivity index (χ0v) is 13.2. The second-order valence-electron chi connectivity index (χ2n) is 5.67. The van der Waals surface area contributed by atoms with Crippen molar-refractivity contribution in [2.24, 2.45) is 5.73 Å². The van der Waals surface area contributed by atoms with Crippen molar-refractivity contribution in [3.05, 3.63) is 0 Å². The fourth-order valence-corrected chi connectivity index (χ4v) is 2.57. The zero-order valence-electron chi connectivity index (χ0n) is 13.2. The topological polar surface area (TPSA) is 61.6 Å². The largest absolute Gasteiger partial charge is 0.355 e. The number of rotatable bonds is 9. The number of nitrogens with one attached hydrogen (secondary N) is 1. The number of unbranched alkanes of at least 4 members (excludes halogenated alkanes) is 1. The number of hydrogen-bond donors (Lipinski definition) is 2. The molecule has 0 aromatic heterocycles. The molecule has 0 saturated carbocycles. The maximum atomic E-state index is 11.6. The first-order chi connectivity index (χ1) is 9.67. The Morgan fingerprint density at radius 2 is 1.80 bits per heavy atom. The Morgan fingerprint density at radius 1 is 1.15 bits per heavy atom. The highest BCUT2D eigenvalue weighted by molar-refractivity contribution is 5.81. The van der Waals surface area contributed by atoms with Gasteiger partial charge in [0.15, 0.2) is 0 Å². The maximum absolute atomic E-state index is 11.6. The molecule has 118 valence electrons. The Hall–Kier alpha value is -0.650. The number of likely N-dealkylation sites (N-methyl/N-ethyl adjacent to an activating group) is 1. The molecule has 1 aliphatic rings. The van der Waals surface area contributed by atoms with Gasteiger partial charge in [-0.2, -0.15) is 0 Å². The summed E-state index contributed by atoms with van der Waals surface area (Å²) in [6.07, 6.45) is 3.92. The minimum absolute atomic E-state index is 0.00316. The molecule has 5 heteroatoms. The minimum atomic E-state index is -0.331. The Labute approximate surface area is 123 Å². The normalized spacial score (nSPS) is 18.9. The molecule has 1 fully saturated rings. The van der Waals surface area contributed by atoms with E-state index in [4.69, 9.17) is 5.73 Å². The van der Waals surface area contributed by atoms with Crippen LogP contribution in [0, 0.1) is 0 Å². The van der Waals surface area contributed by atoms with Crippen LogP contribution in [-0.4, -0.2) is 67.6 Å². The molecule has 1 saturated heterocycles. The van der Waals surface area contributed by atoms with Gasteiger partial charge in [0.1, 0.15) is 0 Å². The first-order valence-corrected chi connectivity index (χ1v) is 8.15. The highest BCUT2D eigenvalue weighted by Crippen LogP contribution is 2.03. The van der Waals surface area contributed by atoms with Gasteiger partial charge in [0.05, 0.1) is 6.04 Å². The van der Waals surface area contributed by atoms with Crippen molar-refractivity contribution in [1.82, 2.24) is 15.1 Å². The van der Waals surface area contributed by atoms with Crippen molar-refractivity contribution < 1.29 is 4.79 Å². The smallest absolute Gasteiger partial charge is 0.236 e. The van der Waals surface area contributed by atoms with Gasteiger partial charge >= 0.3 is 0 Å². The first-order valence-electron chi connectivity index (χ1n) is 8.15. The molecule has 0 spiro atoms. The van der Waals surface area contributed by atoms with Crippen molar-refractivity contribution in [3.8, 4) is 0 Å². The van der Waals surface area contributed by atoms with E-state index in [1.54, 1.807) is 0 Å². The van der Waals surface area contributed by atoms with E-state index in [2.05, 4.69) is 22.0 Å². The number of piperazine rings is 1. The predicted molar refractivity (Wildman–Crippen MR) is 83.7 cm³/mol. The molecular formula is C15H32N4O. The van der Waals surface area contributed by atoms with Gasteiger partial charge in [0.25, 0.3) is 0 Å². The highest BCUT2D eigenvalue weighted by Gasteiger charge is 2.15. The van der Waals surface area contributed by atoms with Crippen LogP contribution in [0.25, 0.3) is 0 Å². The third kappa shape index (κ3) is 6.68. The molecule has 3 N–H and O–H groups in total. The molecule has 0 aromatic rings. The van der Waals surface area contributed by atoms with Crippen LogP contribution in [0.4, 0.5) is 0 Å². The second-order valence-corrected chi connectivity index (χ2v) is 5.67. The number of carbonyl (C=O) groups excluding carboxylic acids is 1. The standard InChI is InChI=1S/C15H32N4O/c1-3-7-14(16)15(20)17-8-5-6-9-19-12-10-18(4-2)11-13-19/h14H,3-13,16H2,1-2H3,(H,17,20). The van der Waals surface area contributed by atoms with Crippen LogP contribution in [0.1, 0.15) is 39.5 Å². The van der Waals surface area contributed by atoms with Gasteiger partial charge in [-0.1, -0.05) is 20.3 Å². The molecule has 1 amide bonds. The van der Waals surface area contributed by atoms with Crippen molar-refractivity contribution in [1.29, 1.82) is 0 Å². The van der Waals surface area contributed by atoms with Crippen LogP contribution >= 0.6 is 0 Å². The van der Waals surface area contributed by atoms with Gasteiger partial charge in [-0.25, -0.2) is 0 Å². The number of carbonyl (C=O) groups is 1. The summed E-state index contributed by atoms with van der Waals surface area (Å²) in [5.74, 6) is 0.00316. The summed E-state index contributed by atoms with van der Waals surface area (Å²) in [7, 11) is 0. The summed E-state index contributed by atoms with van der Waals surface area (Å²) >= 11 is 0. The van der Waals surface area contributed by atoms with Crippen LogP contribution in [-0.2, 0) is 4.79 Å². The summed E-state index contributed by atoms with van der Waals surface area (Å²) in [4.78, 5) is 16.6. The number of hydrogen-bond acceptors (Lipinski definition) is 4.